The largest absolute Gasteiger partial charge is 0.394 e. The first kappa shape index (κ1) is 53.2. The SMILES string of the molecule is OC[C@@H]1O[C@@H](OC[C@H]2O[C@H](O[C@H]3[C@H](O)[C@@H](O)[C@@H](O[C@H]4[C@H](O)[C@@H](O)[C@@H](O[C@H]5[C@H](O)[C@@H](O)[C@@H](O[C@H]6[C@H](O)[C@@H](O)C(O)O[C@@H]6CO)O[C@@H]5CO)O[C@@H]4CO)O[C@@H]3CO)[C@H](O)[C@@H](O)[C@@H]2O)[C@H](O)[C@H]1O. The van der Waals surface area contributed by atoms with E-state index < -0.39 is 218 Å². The molecule has 6 aliphatic heterocycles. The lowest BCUT2D eigenvalue weighted by molar-refractivity contribution is -0.393. The van der Waals surface area contributed by atoms with Crippen LogP contribution in [-0.4, -0.2) is 315 Å². The van der Waals surface area contributed by atoms with Gasteiger partial charge in [-0.2, -0.15) is 0 Å². The molecule has 6 heterocycles. The van der Waals surface area contributed by atoms with Gasteiger partial charge in [0.2, 0.25) is 0 Å². The van der Waals surface area contributed by atoms with Crippen LogP contribution in [0.15, 0.2) is 0 Å². The zero-order valence-corrected chi connectivity index (χ0v) is 34.0. The Bertz CT molecular complexity index is 1450. The molecule has 0 aliphatic carbocycles. The average molecular weight is 961 g/mol. The molecule has 0 aromatic carbocycles. The highest BCUT2D eigenvalue weighted by molar-refractivity contribution is 4.99. The molecule has 0 aromatic rings. The van der Waals surface area contributed by atoms with Gasteiger partial charge in [-0.1, -0.05) is 0 Å². The number of aliphatic hydroxyl groups excluding tert-OH is 19. The van der Waals surface area contributed by atoms with Crippen LogP contribution in [0.1, 0.15) is 0 Å². The van der Waals surface area contributed by atoms with E-state index in [0.717, 1.165) is 0 Å². The number of hydrogen-bond donors (Lipinski definition) is 19. The van der Waals surface area contributed by atoms with Crippen LogP contribution in [0.5, 0.6) is 0 Å². The Morgan fingerprint density at radius 3 is 0.892 bits per heavy atom. The molecule has 65 heavy (non-hydrogen) atoms. The van der Waals surface area contributed by atoms with E-state index in [1.165, 1.54) is 0 Å². The van der Waals surface area contributed by atoms with E-state index in [1.54, 1.807) is 0 Å². The van der Waals surface area contributed by atoms with Crippen molar-refractivity contribution in [3.05, 3.63) is 0 Å². The fraction of sp³-hybridized carbons (Fsp3) is 1.00. The molecule has 6 rings (SSSR count). The maximum atomic E-state index is 11.2. The zero-order valence-electron chi connectivity index (χ0n) is 34.0. The van der Waals surface area contributed by atoms with Gasteiger partial charge in [0.25, 0.3) is 0 Å². The fourth-order valence-corrected chi connectivity index (χ4v) is 8.21. The Labute approximate surface area is 366 Å². The van der Waals surface area contributed by atoms with E-state index in [-0.39, 0.29) is 0 Å². The standard InChI is InChI=1S/C35H60O30/c36-1-7-13(41)21(49)31(57-7)55-6-12-14(42)15(43)22(50)32(61-12)63-27-9(3-38)59-34(24(52)17(27)45)65-29-11(5-40)60-35(25(53)19(29)47)64-28-10(4-39)58-33(23(51)18(28)46)62-26-8(2-37)56-30(54)20(48)16(26)44/h7-54H,1-6H2/t7-,8+,9+,10+,11+,12+,13-,14+,15-,16+,17+,18+,19+,20+,21+,22+,23+,24+,25+,26+,27+,28+,29+,30?,31+,32+,33+,34+,35+/m0/s1. The monoisotopic (exact) mass is 960 g/mol. The summed E-state index contributed by atoms with van der Waals surface area (Å²) >= 11 is 0. The first-order valence-corrected chi connectivity index (χ1v) is 20.6. The average Bonchev–Trinajstić information content (AvgIpc) is 3.58. The minimum atomic E-state index is -2.16. The molecule has 19 N–H and O–H groups in total. The van der Waals surface area contributed by atoms with E-state index in [0.29, 0.717) is 0 Å². The van der Waals surface area contributed by atoms with Crippen molar-refractivity contribution in [1.82, 2.24) is 0 Å². The molecule has 0 spiro atoms. The van der Waals surface area contributed by atoms with Crippen LogP contribution in [0.2, 0.25) is 0 Å². The maximum Gasteiger partial charge on any atom is 0.187 e. The Morgan fingerprint density at radius 2 is 0.538 bits per heavy atom. The molecule has 30 heteroatoms. The number of aliphatic hydroxyl groups is 19. The summed E-state index contributed by atoms with van der Waals surface area (Å²) in [7, 11) is 0. The Kier molecular flexibility index (Phi) is 18.6. The smallest absolute Gasteiger partial charge is 0.187 e. The first-order valence-electron chi connectivity index (χ1n) is 20.6. The molecule has 0 radical (unpaired) electrons. The van der Waals surface area contributed by atoms with Crippen molar-refractivity contribution in [3.8, 4) is 0 Å². The molecular formula is C35H60O30. The predicted molar refractivity (Wildman–Crippen MR) is 193 cm³/mol. The summed E-state index contributed by atoms with van der Waals surface area (Å²) in [5.74, 6) is 0. The lowest BCUT2D eigenvalue weighted by atomic mass is 9.95. The van der Waals surface area contributed by atoms with E-state index in [9.17, 15) is 97.0 Å². The number of hydrogen-bond acceptors (Lipinski definition) is 30. The maximum absolute atomic E-state index is 11.2. The van der Waals surface area contributed by atoms with E-state index in [4.69, 9.17) is 52.1 Å². The lowest BCUT2D eigenvalue weighted by Crippen LogP contribution is -2.68. The summed E-state index contributed by atoms with van der Waals surface area (Å²) in [5, 5.41) is 198. The van der Waals surface area contributed by atoms with E-state index in [1.807, 2.05) is 0 Å². The van der Waals surface area contributed by atoms with Gasteiger partial charge in [0.15, 0.2) is 37.7 Å². The second-order valence-electron chi connectivity index (χ2n) is 16.3. The van der Waals surface area contributed by atoms with Gasteiger partial charge in [-0.05, 0) is 0 Å². The zero-order chi connectivity index (χ0) is 47.8. The molecule has 29 atom stereocenters. The molecule has 6 saturated heterocycles. The van der Waals surface area contributed by atoms with Crippen LogP contribution in [0.4, 0.5) is 0 Å². The highest BCUT2D eigenvalue weighted by Gasteiger charge is 2.56. The van der Waals surface area contributed by atoms with Crippen LogP contribution in [0.25, 0.3) is 0 Å². The highest BCUT2D eigenvalue weighted by Crippen LogP contribution is 2.36. The highest BCUT2D eigenvalue weighted by atomic mass is 16.8. The van der Waals surface area contributed by atoms with E-state index >= 15 is 0 Å². The number of rotatable bonds is 16. The molecule has 0 bridgehead atoms. The van der Waals surface area contributed by atoms with Crippen molar-refractivity contribution in [2.75, 3.05) is 39.6 Å². The Balaban J connectivity index is 1.06. The molecule has 0 amide bonds. The minimum Gasteiger partial charge on any atom is -0.394 e. The summed E-state index contributed by atoms with van der Waals surface area (Å²) in [6, 6.07) is 0. The van der Waals surface area contributed by atoms with Crippen LogP contribution < -0.4 is 0 Å². The van der Waals surface area contributed by atoms with Gasteiger partial charge >= 0.3 is 0 Å². The topological polar surface area (TPSA) is 486 Å². The first-order chi connectivity index (χ1) is 30.8. The summed E-state index contributed by atoms with van der Waals surface area (Å²) in [6.45, 7) is -5.17. The third kappa shape index (κ3) is 10.9. The lowest BCUT2D eigenvalue weighted by Gasteiger charge is -2.49. The van der Waals surface area contributed by atoms with Crippen LogP contribution in [-0.2, 0) is 52.1 Å². The molecule has 1 unspecified atom stereocenters. The van der Waals surface area contributed by atoms with Crippen molar-refractivity contribution in [1.29, 1.82) is 0 Å². The third-order valence-corrected chi connectivity index (χ3v) is 12.1. The third-order valence-electron chi connectivity index (χ3n) is 12.1. The molecule has 0 saturated carbocycles. The minimum absolute atomic E-state index is 0.665. The summed E-state index contributed by atoms with van der Waals surface area (Å²) in [5.41, 5.74) is 0. The van der Waals surface area contributed by atoms with Gasteiger partial charge in [-0.25, -0.2) is 0 Å². The predicted octanol–water partition coefficient (Wildman–Crippen LogP) is -13.5. The molecule has 6 aliphatic rings. The Morgan fingerprint density at radius 1 is 0.262 bits per heavy atom. The van der Waals surface area contributed by atoms with Gasteiger partial charge in [0.05, 0.1) is 39.6 Å². The van der Waals surface area contributed by atoms with Gasteiger partial charge in [0, 0.05) is 0 Å². The van der Waals surface area contributed by atoms with Gasteiger partial charge in [0.1, 0.15) is 140 Å². The van der Waals surface area contributed by atoms with Crippen LogP contribution >= 0.6 is 0 Å². The number of ether oxygens (including phenoxy) is 11. The van der Waals surface area contributed by atoms with Gasteiger partial charge in [-0.3, -0.25) is 0 Å². The summed E-state index contributed by atoms with van der Waals surface area (Å²) in [4.78, 5) is 0. The van der Waals surface area contributed by atoms with Crippen LogP contribution in [0, 0.1) is 0 Å². The fourth-order valence-electron chi connectivity index (χ4n) is 8.21. The van der Waals surface area contributed by atoms with Gasteiger partial charge in [-0.15, -0.1) is 0 Å². The summed E-state index contributed by atoms with van der Waals surface area (Å²) in [6.07, 6.45) is -53.1. The molecule has 6 fully saturated rings. The second kappa shape index (κ2) is 22.7. The van der Waals surface area contributed by atoms with Crippen molar-refractivity contribution in [3.63, 3.8) is 0 Å². The summed E-state index contributed by atoms with van der Waals surface area (Å²) < 4.78 is 60.3. The normalized spacial score (nSPS) is 53.3. The van der Waals surface area contributed by atoms with Crippen molar-refractivity contribution in [2.45, 2.75) is 178 Å². The molecule has 0 aromatic heterocycles. The van der Waals surface area contributed by atoms with Crippen LogP contribution in [0.3, 0.4) is 0 Å². The van der Waals surface area contributed by atoms with Gasteiger partial charge < -0.3 is 149 Å². The second-order valence-corrected chi connectivity index (χ2v) is 16.3. The van der Waals surface area contributed by atoms with E-state index in [2.05, 4.69) is 0 Å². The van der Waals surface area contributed by atoms with Crippen molar-refractivity contribution >= 4 is 0 Å². The molecule has 380 valence electrons. The molecular weight excluding hydrogens is 900 g/mol. The molecule has 30 nitrogen and oxygen atoms in total. The Hall–Kier alpha value is -1.20. The van der Waals surface area contributed by atoms with Crippen molar-refractivity contribution < 1.29 is 149 Å². The van der Waals surface area contributed by atoms with Crippen molar-refractivity contribution in [2.24, 2.45) is 0 Å². The quantitative estimate of drug-likeness (QED) is 0.0683.